The second-order valence-electron chi connectivity index (χ2n) is 13.8. The summed E-state index contributed by atoms with van der Waals surface area (Å²) in [4.78, 5) is 28.4. The first kappa shape index (κ1) is 38.5. The topological polar surface area (TPSA) is 108 Å². The minimum absolute atomic E-state index is 0.110. The van der Waals surface area contributed by atoms with E-state index in [9.17, 15) is 9.59 Å². The van der Waals surface area contributed by atoms with E-state index in [1.165, 1.54) is 64.9 Å². The molecule has 0 spiro atoms. The van der Waals surface area contributed by atoms with Gasteiger partial charge in [-0.1, -0.05) is 76.8 Å². The second kappa shape index (κ2) is 20.4. The van der Waals surface area contributed by atoms with Gasteiger partial charge in [0.2, 0.25) is 0 Å². The van der Waals surface area contributed by atoms with Gasteiger partial charge < -0.3 is 38.6 Å². The van der Waals surface area contributed by atoms with Crippen molar-refractivity contribution in [2.75, 3.05) is 65.0 Å². The summed E-state index contributed by atoms with van der Waals surface area (Å²) < 4.78 is 35.5. The molecule has 1 N–H and O–H groups in total. The highest BCUT2D eigenvalue weighted by atomic mass is 16.8. The predicted octanol–water partition coefficient (Wildman–Crippen LogP) is 6.14. The van der Waals surface area contributed by atoms with Crippen molar-refractivity contribution in [2.45, 2.75) is 128 Å². The van der Waals surface area contributed by atoms with E-state index in [1.807, 2.05) is 43.0 Å². The monoisotopic (exact) mass is 675 g/mol. The maximum Gasteiger partial charge on any atom is 0.321 e. The average molecular weight is 676 g/mol. The lowest BCUT2D eigenvalue weighted by atomic mass is 10.1. The molecule has 2 amide bonds. The third-order valence-electron chi connectivity index (χ3n) is 9.38. The van der Waals surface area contributed by atoms with Crippen molar-refractivity contribution in [3.8, 4) is 0 Å². The van der Waals surface area contributed by atoms with Crippen LogP contribution in [0.5, 0.6) is 0 Å². The Labute approximate surface area is 288 Å². The van der Waals surface area contributed by atoms with E-state index >= 15 is 0 Å². The first-order chi connectivity index (χ1) is 23.3. The Kier molecular flexibility index (Phi) is 16.4. The first-order valence-electron chi connectivity index (χ1n) is 18.4. The van der Waals surface area contributed by atoms with Gasteiger partial charge in [-0.25, -0.2) is 4.79 Å². The van der Waals surface area contributed by atoms with Crippen LogP contribution in [0.15, 0.2) is 24.3 Å². The van der Waals surface area contributed by atoms with Gasteiger partial charge in [-0.05, 0) is 44.4 Å². The summed E-state index contributed by atoms with van der Waals surface area (Å²) in [7, 11) is 1.37. The quantitative estimate of drug-likeness (QED) is 0.121. The third-order valence-corrected chi connectivity index (χ3v) is 9.38. The molecule has 3 saturated heterocycles. The fourth-order valence-corrected chi connectivity index (χ4v) is 6.60. The number of ether oxygens (including phenoxy) is 6. The van der Waals surface area contributed by atoms with Gasteiger partial charge in [0.25, 0.3) is 0 Å². The number of hydrogen-bond donors (Lipinski definition) is 1. The first-order valence-corrected chi connectivity index (χ1v) is 18.4. The number of urea groups is 1. The summed E-state index contributed by atoms with van der Waals surface area (Å²) in [5, 5.41) is 2.96. The van der Waals surface area contributed by atoms with Gasteiger partial charge in [-0.2, -0.15) is 0 Å². The van der Waals surface area contributed by atoms with Crippen molar-refractivity contribution in [3.63, 3.8) is 0 Å². The molecule has 3 aliphatic heterocycles. The molecule has 0 aliphatic carbocycles. The summed E-state index contributed by atoms with van der Waals surface area (Å²) >= 11 is 0. The van der Waals surface area contributed by atoms with Crippen molar-refractivity contribution < 1.29 is 38.0 Å². The van der Waals surface area contributed by atoms with Crippen LogP contribution in [0, 0.1) is 0 Å². The number of benzene rings is 1. The zero-order valence-corrected chi connectivity index (χ0v) is 29.9. The lowest BCUT2D eigenvalue weighted by Gasteiger charge is -2.34. The number of nitrogens with one attached hydrogen (secondary N) is 1. The number of hydrogen-bond acceptors (Lipinski definition) is 9. The molecule has 11 nitrogen and oxygen atoms in total. The van der Waals surface area contributed by atoms with Gasteiger partial charge in [0.15, 0.2) is 12.1 Å². The van der Waals surface area contributed by atoms with E-state index in [0.29, 0.717) is 38.6 Å². The number of carbonyl (C=O) groups excluding carboxylic acids is 2. The second-order valence-corrected chi connectivity index (χ2v) is 13.8. The van der Waals surface area contributed by atoms with Crippen LogP contribution in [-0.4, -0.2) is 112 Å². The smallest absolute Gasteiger partial charge is 0.321 e. The van der Waals surface area contributed by atoms with E-state index in [0.717, 1.165) is 38.0 Å². The number of fused-ring (bicyclic) bond motifs is 1. The van der Waals surface area contributed by atoms with Gasteiger partial charge in [0.05, 0.1) is 20.1 Å². The molecule has 3 fully saturated rings. The molecule has 1 aromatic carbocycles. The fraction of sp³-hybridized carbons (Fsp3) is 0.784. The van der Waals surface area contributed by atoms with E-state index in [-0.39, 0.29) is 36.7 Å². The molecular weight excluding hydrogens is 614 g/mol. The van der Waals surface area contributed by atoms with Crippen LogP contribution in [0.3, 0.4) is 0 Å². The molecule has 4 atom stereocenters. The molecule has 0 bridgehead atoms. The Morgan fingerprint density at radius 2 is 1.54 bits per heavy atom. The van der Waals surface area contributed by atoms with Gasteiger partial charge in [0, 0.05) is 51.6 Å². The Morgan fingerprint density at radius 1 is 0.875 bits per heavy atom. The number of carbonyl (C=O) groups is 2. The number of nitrogens with zero attached hydrogens (tertiary/aromatic N) is 2. The summed E-state index contributed by atoms with van der Waals surface area (Å²) in [5.41, 5.74) is 1.55. The van der Waals surface area contributed by atoms with Gasteiger partial charge in [0.1, 0.15) is 18.3 Å². The molecule has 1 aromatic rings. The van der Waals surface area contributed by atoms with Crippen molar-refractivity contribution >= 4 is 17.7 Å². The van der Waals surface area contributed by atoms with Crippen LogP contribution < -0.4 is 5.32 Å². The number of methoxy groups -OCH3 is 1. The van der Waals surface area contributed by atoms with Crippen LogP contribution in [0.4, 0.5) is 10.5 Å². The number of esters is 1. The molecule has 4 rings (SSSR count). The number of amides is 2. The molecule has 0 saturated carbocycles. The molecule has 272 valence electrons. The van der Waals surface area contributed by atoms with Crippen LogP contribution in [-0.2, 0) is 39.6 Å². The molecule has 48 heavy (non-hydrogen) atoms. The molecule has 11 heteroatoms. The lowest BCUT2D eigenvalue weighted by molar-refractivity contribution is -0.223. The van der Waals surface area contributed by atoms with E-state index in [1.54, 1.807) is 0 Å². The average Bonchev–Trinajstić information content (AvgIpc) is 3.55. The lowest BCUT2D eigenvalue weighted by Crippen LogP contribution is -2.50. The number of piperazine rings is 1. The molecule has 0 unspecified atom stereocenters. The summed E-state index contributed by atoms with van der Waals surface area (Å²) in [6.45, 7) is 11.7. The number of anilines is 1. The SMILES string of the molecule is CCCCCCCCCCCCO[C@H]1[C@H]2OC(C)(C)O[C@H]2O[C@@H]1COCCCN1CCN(C(=O)Nc2ccc(CC(=O)OC)cc2)CC1. The van der Waals surface area contributed by atoms with Crippen molar-refractivity contribution in [1.82, 2.24) is 9.80 Å². The highest BCUT2D eigenvalue weighted by Gasteiger charge is 2.55. The van der Waals surface area contributed by atoms with Gasteiger partial charge in [-0.15, -0.1) is 0 Å². The minimum Gasteiger partial charge on any atom is -0.469 e. The minimum atomic E-state index is -0.678. The van der Waals surface area contributed by atoms with Crippen molar-refractivity contribution in [1.29, 1.82) is 0 Å². The Balaban J connectivity index is 1.07. The van der Waals surface area contributed by atoms with Crippen molar-refractivity contribution in [2.24, 2.45) is 0 Å². The van der Waals surface area contributed by atoms with E-state index in [2.05, 4.69) is 17.1 Å². The normalized spacial score (nSPS) is 23.7. The van der Waals surface area contributed by atoms with Crippen LogP contribution in [0.1, 0.15) is 97.0 Å². The predicted molar refractivity (Wildman–Crippen MR) is 185 cm³/mol. The summed E-state index contributed by atoms with van der Waals surface area (Å²) in [6.07, 6.45) is 13.0. The summed E-state index contributed by atoms with van der Waals surface area (Å²) in [5.74, 6) is -0.966. The molecule has 3 heterocycles. The highest BCUT2D eigenvalue weighted by Crippen LogP contribution is 2.39. The van der Waals surface area contributed by atoms with Crippen LogP contribution in [0.25, 0.3) is 0 Å². The maximum atomic E-state index is 12.8. The highest BCUT2D eigenvalue weighted by molar-refractivity contribution is 5.89. The van der Waals surface area contributed by atoms with Crippen LogP contribution >= 0.6 is 0 Å². The Morgan fingerprint density at radius 3 is 2.21 bits per heavy atom. The Bertz CT molecular complexity index is 1080. The largest absolute Gasteiger partial charge is 0.469 e. The zero-order valence-electron chi connectivity index (χ0n) is 29.9. The zero-order chi connectivity index (χ0) is 34.2. The fourth-order valence-electron chi connectivity index (χ4n) is 6.60. The Hall–Kier alpha value is -2.28. The van der Waals surface area contributed by atoms with E-state index in [4.69, 9.17) is 28.4 Å². The van der Waals surface area contributed by atoms with Gasteiger partial charge >= 0.3 is 12.0 Å². The van der Waals surface area contributed by atoms with Crippen molar-refractivity contribution in [3.05, 3.63) is 29.8 Å². The van der Waals surface area contributed by atoms with Crippen LogP contribution in [0.2, 0.25) is 0 Å². The molecule has 0 radical (unpaired) electrons. The molecule has 3 aliphatic rings. The molecule has 0 aromatic heterocycles. The van der Waals surface area contributed by atoms with E-state index < -0.39 is 12.1 Å². The molecular formula is C37H61N3O8. The third kappa shape index (κ3) is 12.9. The van der Waals surface area contributed by atoms with Gasteiger partial charge in [-0.3, -0.25) is 9.69 Å². The number of rotatable bonds is 21. The standard InChI is InChI=1S/C37H61N3O8/c1-5-6-7-8-9-10-11-12-13-14-26-45-33-31(46-35-34(33)47-37(2,3)48-35)28-44-25-15-20-39-21-23-40(24-22-39)36(42)38-30-18-16-29(17-19-30)27-32(41)43-4/h16-19,31,33-35H,5-15,20-28H2,1-4H3,(H,38,42)/t31-,33-,34-,35-/m1/s1. The summed E-state index contributed by atoms with van der Waals surface area (Å²) in [6, 6.07) is 7.16. The maximum absolute atomic E-state index is 12.8. The number of unbranched alkanes of at least 4 members (excludes halogenated alkanes) is 9.